The van der Waals surface area contributed by atoms with Gasteiger partial charge in [-0.05, 0) is 48.4 Å². The molecule has 2 rings (SSSR count). The molecular formula is C16H15Cl2NO2. The van der Waals surface area contributed by atoms with E-state index in [9.17, 15) is 4.79 Å². The SMILES string of the molecule is O=C(COc1ccc(Cl)cc1)Nc1ccc(CCCl)cc1. The third kappa shape index (κ3) is 5.29. The zero-order chi connectivity index (χ0) is 15.1. The summed E-state index contributed by atoms with van der Waals surface area (Å²) < 4.78 is 5.37. The molecule has 0 aliphatic carbocycles. The van der Waals surface area contributed by atoms with Crippen LogP contribution >= 0.6 is 23.2 Å². The van der Waals surface area contributed by atoms with Crippen LogP contribution in [0, 0.1) is 0 Å². The highest BCUT2D eigenvalue weighted by Crippen LogP contribution is 2.15. The lowest BCUT2D eigenvalue weighted by Crippen LogP contribution is -2.20. The van der Waals surface area contributed by atoms with Crippen LogP contribution in [0.15, 0.2) is 48.5 Å². The molecule has 5 heteroatoms. The minimum absolute atomic E-state index is 0.0505. The van der Waals surface area contributed by atoms with Crippen molar-refractivity contribution in [1.82, 2.24) is 0 Å². The van der Waals surface area contributed by atoms with E-state index in [1.54, 1.807) is 24.3 Å². The minimum atomic E-state index is -0.213. The highest BCUT2D eigenvalue weighted by atomic mass is 35.5. The standard InChI is InChI=1S/C16H15Cl2NO2/c17-10-9-12-1-5-14(6-2-12)19-16(20)11-21-15-7-3-13(18)4-8-15/h1-8H,9-11H2,(H,19,20). The molecule has 0 saturated carbocycles. The van der Waals surface area contributed by atoms with Gasteiger partial charge in [0.15, 0.2) is 6.61 Å². The lowest BCUT2D eigenvalue weighted by molar-refractivity contribution is -0.118. The molecule has 0 bridgehead atoms. The lowest BCUT2D eigenvalue weighted by Gasteiger charge is -2.08. The monoisotopic (exact) mass is 323 g/mol. The van der Waals surface area contributed by atoms with E-state index in [-0.39, 0.29) is 12.5 Å². The van der Waals surface area contributed by atoms with E-state index in [0.29, 0.717) is 16.7 Å². The predicted molar refractivity (Wildman–Crippen MR) is 86.4 cm³/mol. The minimum Gasteiger partial charge on any atom is -0.484 e. The van der Waals surface area contributed by atoms with Crippen LogP contribution in [0.4, 0.5) is 5.69 Å². The number of halogens is 2. The molecule has 21 heavy (non-hydrogen) atoms. The van der Waals surface area contributed by atoms with Crippen molar-refractivity contribution < 1.29 is 9.53 Å². The van der Waals surface area contributed by atoms with Gasteiger partial charge in [0.1, 0.15) is 5.75 Å². The summed E-state index contributed by atoms with van der Waals surface area (Å²) in [5, 5.41) is 3.40. The van der Waals surface area contributed by atoms with Gasteiger partial charge in [-0.25, -0.2) is 0 Å². The number of aryl methyl sites for hydroxylation is 1. The maximum absolute atomic E-state index is 11.8. The molecule has 1 N–H and O–H groups in total. The normalized spacial score (nSPS) is 10.2. The summed E-state index contributed by atoms with van der Waals surface area (Å²) in [5.41, 5.74) is 1.87. The van der Waals surface area contributed by atoms with Gasteiger partial charge in [0.2, 0.25) is 0 Å². The van der Waals surface area contributed by atoms with Crippen molar-refractivity contribution in [2.24, 2.45) is 0 Å². The van der Waals surface area contributed by atoms with Crippen molar-refractivity contribution in [3.05, 3.63) is 59.1 Å². The van der Waals surface area contributed by atoms with Crippen LogP contribution in [-0.2, 0) is 11.2 Å². The number of anilines is 1. The van der Waals surface area contributed by atoms with Crippen molar-refractivity contribution in [2.45, 2.75) is 6.42 Å². The van der Waals surface area contributed by atoms with Gasteiger partial charge in [-0.3, -0.25) is 4.79 Å². The number of alkyl halides is 1. The van der Waals surface area contributed by atoms with Gasteiger partial charge in [-0.2, -0.15) is 0 Å². The first-order valence-electron chi connectivity index (χ1n) is 6.50. The van der Waals surface area contributed by atoms with Gasteiger partial charge in [-0.15, -0.1) is 11.6 Å². The Labute approximate surface area is 133 Å². The molecule has 1 amide bonds. The molecule has 110 valence electrons. The molecule has 0 saturated heterocycles. The van der Waals surface area contributed by atoms with Gasteiger partial charge < -0.3 is 10.1 Å². The van der Waals surface area contributed by atoms with Crippen molar-refractivity contribution in [1.29, 1.82) is 0 Å². The third-order valence-electron chi connectivity index (χ3n) is 2.80. The predicted octanol–water partition coefficient (Wildman–Crippen LogP) is 4.14. The van der Waals surface area contributed by atoms with Gasteiger partial charge in [0.25, 0.3) is 5.91 Å². The lowest BCUT2D eigenvalue weighted by atomic mass is 10.1. The summed E-state index contributed by atoms with van der Waals surface area (Å²) in [5.74, 6) is 0.975. The highest BCUT2D eigenvalue weighted by Gasteiger charge is 2.04. The fourth-order valence-corrected chi connectivity index (χ4v) is 2.08. The maximum atomic E-state index is 11.8. The molecule has 0 unspecified atom stereocenters. The van der Waals surface area contributed by atoms with E-state index in [0.717, 1.165) is 17.7 Å². The second-order valence-electron chi connectivity index (χ2n) is 4.43. The number of carbonyl (C=O) groups excluding carboxylic acids is 1. The highest BCUT2D eigenvalue weighted by molar-refractivity contribution is 6.30. The van der Waals surface area contributed by atoms with Crippen molar-refractivity contribution in [3.63, 3.8) is 0 Å². The summed E-state index contributed by atoms with van der Waals surface area (Å²) in [4.78, 5) is 11.8. The summed E-state index contributed by atoms with van der Waals surface area (Å²) in [6.07, 6.45) is 0.815. The van der Waals surface area contributed by atoms with Crippen molar-refractivity contribution >= 4 is 34.8 Å². The van der Waals surface area contributed by atoms with Gasteiger partial charge in [-0.1, -0.05) is 23.7 Å². The molecule has 0 aliphatic heterocycles. The van der Waals surface area contributed by atoms with Crippen molar-refractivity contribution in [3.8, 4) is 5.75 Å². The number of nitrogens with one attached hydrogen (secondary N) is 1. The van der Waals surface area contributed by atoms with Gasteiger partial charge >= 0.3 is 0 Å². The first-order valence-corrected chi connectivity index (χ1v) is 7.42. The number of hydrogen-bond acceptors (Lipinski definition) is 2. The molecule has 0 heterocycles. The Balaban J connectivity index is 1.82. The van der Waals surface area contributed by atoms with Crippen LogP contribution in [0.5, 0.6) is 5.75 Å². The second kappa shape index (κ2) is 7.91. The van der Waals surface area contributed by atoms with E-state index in [1.807, 2.05) is 24.3 Å². The van der Waals surface area contributed by atoms with Gasteiger partial charge in [0, 0.05) is 16.6 Å². The van der Waals surface area contributed by atoms with E-state index in [4.69, 9.17) is 27.9 Å². The third-order valence-corrected chi connectivity index (χ3v) is 3.25. The molecule has 0 fully saturated rings. The Morgan fingerprint density at radius 1 is 1.05 bits per heavy atom. The number of amides is 1. The van der Waals surface area contributed by atoms with Crippen molar-refractivity contribution in [2.75, 3.05) is 17.8 Å². The largest absolute Gasteiger partial charge is 0.484 e. The second-order valence-corrected chi connectivity index (χ2v) is 5.24. The van der Waals surface area contributed by atoms with E-state index < -0.39 is 0 Å². The van der Waals surface area contributed by atoms with Crippen LogP contribution in [-0.4, -0.2) is 18.4 Å². The zero-order valence-corrected chi connectivity index (χ0v) is 12.8. The Kier molecular flexibility index (Phi) is 5.90. The summed E-state index contributed by atoms with van der Waals surface area (Å²) >= 11 is 11.4. The number of ether oxygens (including phenoxy) is 1. The molecule has 0 spiro atoms. The molecule has 2 aromatic carbocycles. The van der Waals surface area contributed by atoms with E-state index >= 15 is 0 Å². The van der Waals surface area contributed by atoms with Crippen LogP contribution in [0.25, 0.3) is 0 Å². The van der Waals surface area contributed by atoms with Crippen LogP contribution < -0.4 is 10.1 Å². The van der Waals surface area contributed by atoms with E-state index in [2.05, 4.69) is 5.32 Å². The average Bonchev–Trinajstić information content (AvgIpc) is 2.49. The Morgan fingerprint density at radius 2 is 1.71 bits per heavy atom. The Bertz CT molecular complexity index is 582. The molecule has 0 atom stereocenters. The summed E-state index contributed by atoms with van der Waals surface area (Å²) in [6.45, 7) is -0.0505. The molecule has 2 aromatic rings. The van der Waals surface area contributed by atoms with E-state index in [1.165, 1.54) is 0 Å². The Morgan fingerprint density at radius 3 is 2.33 bits per heavy atom. The molecule has 0 radical (unpaired) electrons. The molecule has 0 aromatic heterocycles. The van der Waals surface area contributed by atoms with Crippen LogP contribution in [0.1, 0.15) is 5.56 Å². The Hall–Kier alpha value is -1.71. The maximum Gasteiger partial charge on any atom is 0.262 e. The van der Waals surface area contributed by atoms with Gasteiger partial charge in [0.05, 0.1) is 0 Å². The first-order chi connectivity index (χ1) is 10.2. The fourth-order valence-electron chi connectivity index (χ4n) is 1.74. The summed E-state index contributed by atoms with van der Waals surface area (Å²) in [6, 6.07) is 14.4. The number of hydrogen-bond donors (Lipinski definition) is 1. The number of carbonyl (C=O) groups is 1. The number of benzene rings is 2. The summed E-state index contributed by atoms with van der Waals surface area (Å²) in [7, 11) is 0. The average molecular weight is 324 g/mol. The topological polar surface area (TPSA) is 38.3 Å². The fraction of sp³-hybridized carbons (Fsp3) is 0.188. The quantitative estimate of drug-likeness (QED) is 0.811. The molecule has 0 aliphatic rings. The van der Waals surface area contributed by atoms with Crippen LogP contribution in [0.3, 0.4) is 0 Å². The molecular weight excluding hydrogens is 309 g/mol. The zero-order valence-electron chi connectivity index (χ0n) is 11.3. The molecule has 3 nitrogen and oxygen atoms in total. The number of rotatable bonds is 6. The smallest absolute Gasteiger partial charge is 0.262 e. The van der Waals surface area contributed by atoms with Crippen LogP contribution in [0.2, 0.25) is 5.02 Å². The first kappa shape index (κ1) is 15.7.